The van der Waals surface area contributed by atoms with Crippen molar-refractivity contribution in [2.45, 2.75) is 110 Å². The van der Waals surface area contributed by atoms with Crippen molar-refractivity contribution in [2.24, 2.45) is 17.8 Å². The lowest BCUT2D eigenvalue weighted by Gasteiger charge is -2.41. The van der Waals surface area contributed by atoms with Crippen molar-refractivity contribution in [1.82, 2.24) is 20.0 Å². The Hall–Kier alpha value is -3.37. The lowest BCUT2D eigenvalue weighted by atomic mass is 9.89. The number of hydrogen-bond donors (Lipinski definition) is 1. The molecule has 0 bridgehead atoms. The van der Waals surface area contributed by atoms with E-state index < -0.39 is 82.6 Å². The van der Waals surface area contributed by atoms with E-state index in [1.807, 2.05) is 27.7 Å². The van der Waals surface area contributed by atoms with Crippen molar-refractivity contribution in [3.8, 4) is 5.75 Å². The molecule has 0 saturated carbocycles. The molecule has 11 nitrogen and oxygen atoms in total. The number of carbonyl (C=O) groups is 4. The Morgan fingerprint density at radius 2 is 1.44 bits per heavy atom. The van der Waals surface area contributed by atoms with Crippen LogP contribution in [-0.2, 0) is 28.7 Å². The molecule has 1 aromatic carbocycles. The summed E-state index contributed by atoms with van der Waals surface area (Å²) in [6.45, 7) is 12.6. The zero-order valence-corrected chi connectivity index (χ0v) is 32.2. The number of benzene rings is 1. The second kappa shape index (κ2) is 18.6. The van der Waals surface area contributed by atoms with Gasteiger partial charge in [-0.25, -0.2) is 13.2 Å². The summed E-state index contributed by atoms with van der Waals surface area (Å²) < 4.78 is 85.7. The number of amides is 3. The summed E-state index contributed by atoms with van der Waals surface area (Å²) in [5.41, 5.74) is -0.896. The highest BCUT2D eigenvalue weighted by atomic mass is 19.2. The third kappa shape index (κ3) is 9.59. The molecule has 0 aromatic heterocycles. The summed E-state index contributed by atoms with van der Waals surface area (Å²) >= 11 is 0. The van der Waals surface area contributed by atoms with Gasteiger partial charge in [-0.05, 0) is 59.5 Å². The van der Waals surface area contributed by atoms with Crippen LogP contribution < -0.4 is 10.1 Å². The smallest absolute Gasteiger partial charge is 0.316 e. The molecule has 2 rings (SSSR count). The summed E-state index contributed by atoms with van der Waals surface area (Å²) in [6, 6.07) is -2.19. The molecular weight excluding hydrogens is 695 g/mol. The summed E-state index contributed by atoms with van der Waals surface area (Å²) in [4.78, 5) is 59.1. The summed E-state index contributed by atoms with van der Waals surface area (Å²) in [5, 5.41) is 2.91. The van der Waals surface area contributed by atoms with Gasteiger partial charge in [-0.3, -0.25) is 24.1 Å². The summed E-state index contributed by atoms with van der Waals surface area (Å²) in [7, 11) is 7.85. The number of rotatable bonds is 17. The molecule has 1 aliphatic heterocycles. The molecule has 0 aliphatic carbocycles. The fourth-order valence-corrected chi connectivity index (χ4v) is 6.41. The Morgan fingerprint density at radius 1 is 0.904 bits per heavy atom. The Morgan fingerprint density at radius 3 is 1.90 bits per heavy atom. The minimum absolute atomic E-state index is 0.147. The van der Waals surface area contributed by atoms with Gasteiger partial charge < -0.3 is 29.3 Å². The number of nitrogens with zero attached hydrogens (tertiary/aromatic N) is 3. The Labute approximate surface area is 303 Å². The molecule has 1 saturated heterocycles. The zero-order chi connectivity index (χ0) is 40.0. The molecule has 1 fully saturated rings. The average molecular weight is 751 g/mol. The van der Waals surface area contributed by atoms with Crippen LogP contribution in [0.1, 0.15) is 74.1 Å². The third-order valence-electron chi connectivity index (χ3n) is 10.5. The highest BCUT2D eigenvalue weighted by Gasteiger charge is 2.44. The number of hydrogen-bond acceptors (Lipinski definition) is 8. The van der Waals surface area contributed by atoms with Crippen molar-refractivity contribution in [3.63, 3.8) is 0 Å². The van der Waals surface area contributed by atoms with Crippen LogP contribution in [0.3, 0.4) is 0 Å². The second-order valence-corrected chi connectivity index (χ2v) is 14.6. The maximum atomic E-state index is 14.3. The van der Waals surface area contributed by atoms with Crippen LogP contribution in [-0.4, -0.2) is 116 Å². The number of carbonyl (C=O) groups excluding carboxylic acids is 4. The first-order valence-electron chi connectivity index (χ1n) is 17.4. The van der Waals surface area contributed by atoms with Gasteiger partial charge >= 0.3 is 5.97 Å². The van der Waals surface area contributed by atoms with Crippen molar-refractivity contribution >= 4 is 23.7 Å². The highest BCUT2D eigenvalue weighted by molar-refractivity contribution is 5.92. The fourth-order valence-electron chi connectivity index (χ4n) is 6.41. The first kappa shape index (κ1) is 44.8. The first-order chi connectivity index (χ1) is 24.1. The van der Waals surface area contributed by atoms with Crippen molar-refractivity contribution in [3.05, 3.63) is 29.1 Å². The van der Waals surface area contributed by atoms with E-state index in [-0.39, 0.29) is 42.5 Å². The predicted octanol–water partition coefficient (Wildman–Crippen LogP) is 4.69. The molecular formula is C36H55F5N4O7. The lowest BCUT2D eigenvalue weighted by molar-refractivity contribution is -0.151. The maximum Gasteiger partial charge on any atom is 0.316 e. The number of halogens is 5. The molecule has 0 radical (unpaired) electrons. The van der Waals surface area contributed by atoms with Gasteiger partial charge in [-0.15, -0.1) is 0 Å². The Bertz CT molecular complexity index is 1420. The molecule has 16 heteroatoms. The monoisotopic (exact) mass is 750 g/mol. The molecule has 1 aliphatic rings. The van der Waals surface area contributed by atoms with Crippen LogP contribution in [0, 0.1) is 46.8 Å². The molecule has 296 valence electrons. The third-order valence-corrected chi connectivity index (χ3v) is 10.5. The first-order valence-corrected chi connectivity index (χ1v) is 17.4. The number of ether oxygens (including phenoxy) is 3. The van der Waals surface area contributed by atoms with Crippen LogP contribution in [0.25, 0.3) is 0 Å². The van der Waals surface area contributed by atoms with Crippen molar-refractivity contribution < 1.29 is 55.3 Å². The quantitative estimate of drug-likeness (QED) is 0.0802. The van der Waals surface area contributed by atoms with E-state index in [1.165, 1.54) is 30.9 Å². The van der Waals surface area contributed by atoms with E-state index in [0.717, 1.165) is 0 Å². The Balaban J connectivity index is 2.33. The van der Waals surface area contributed by atoms with Gasteiger partial charge in [0.1, 0.15) is 6.04 Å². The maximum absolute atomic E-state index is 14.3. The van der Waals surface area contributed by atoms with Crippen LogP contribution in [0.4, 0.5) is 22.0 Å². The van der Waals surface area contributed by atoms with Crippen LogP contribution in [0.2, 0.25) is 0 Å². The lowest BCUT2D eigenvalue weighted by Crippen LogP contribution is -2.61. The minimum Gasteiger partial charge on any atom is -0.420 e. The molecule has 0 unspecified atom stereocenters. The standard InChI is InChI=1S/C36H55F5N4O7/c1-13-19(4)30(44(10)33(47)29(18(2)3)42-35(49)36(6,7)43(8)9)22(50-11)17-23(46)45-16-14-15-21(45)31(51-12)20(5)34(48)52-32-27(40)25(38)24(37)26(39)28(32)41/h18-22,29-31H,13-17H2,1-12H3,(H,42,49)/t19-,20+,21-,22+,29-,30-,31+/m0/s1. The number of likely N-dealkylation sites (tertiary alicyclic amines) is 1. The van der Waals surface area contributed by atoms with Crippen LogP contribution in [0.15, 0.2) is 0 Å². The predicted molar refractivity (Wildman–Crippen MR) is 183 cm³/mol. The number of methoxy groups -OCH3 is 2. The molecule has 7 atom stereocenters. The van der Waals surface area contributed by atoms with Crippen LogP contribution in [0.5, 0.6) is 5.75 Å². The fraction of sp³-hybridized carbons (Fsp3) is 0.722. The van der Waals surface area contributed by atoms with Crippen molar-refractivity contribution in [1.29, 1.82) is 0 Å². The second-order valence-electron chi connectivity index (χ2n) is 14.6. The van der Waals surface area contributed by atoms with Gasteiger partial charge in [-0.2, -0.15) is 8.78 Å². The molecule has 1 N–H and O–H groups in total. The molecule has 1 heterocycles. The van der Waals surface area contributed by atoms with Gasteiger partial charge in [0.15, 0.2) is 0 Å². The van der Waals surface area contributed by atoms with Gasteiger partial charge in [-0.1, -0.05) is 34.1 Å². The van der Waals surface area contributed by atoms with E-state index in [0.29, 0.717) is 19.3 Å². The summed E-state index contributed by atoms with van der Waals surface area (Å²) in [5.74, 6) is -17.4. The topological polar surface area (TPSA) is 118 Å². The Kier molecular flexibility index (Phi) is 16.0. The molecule has 0 spiro atoms. The van der Waals surface area contributed by atoms with Gasteiger partial charge in [0.25, 0.3) is 0 Å². The molecule has 52 heavy (non-hydrogen) atoms. The largest absolute Gasteiger partial charge is 0.420 e. The van der Waals surface area contributed by atoms with Gasteiger partial charge in [0.05, 0.1) is 42.2 Å². The highest BCUT2D eigenvalue weighted by Crippen LogP contribution is 2.33. The number of esters is 1. The van der Waals surface area contributed by atoms with E-state index in [9.17, 15) is 41.1 Å². The van der Waals surface area contributed by atoms with E-state index in [1.54, 1.807) is 39.9 Å². The zero-order valence-electron chi connectivity index (χ0n) is 32.2. The van der Waals surface area contributed by atoms with E-state index in [4.69, 9.17) is 9.47 Å². The van der Waals surface area contributed by atoms with Crippen LogP contribution >= 0.6 is 0 Å². The number of likely N-dealkylation sites (N-methyl/N-ethyl adjacent to an activating group) is 2. The average Bonchev–Trinajstić information content (AvgIpc) is 3.59. The van der Waals surface area contributed by atoms with E-state index in [2.05, 4.69) is 10.1 Å². The normalized spacial score (nSPS) is 18.5. The number of nitrogens with one attached hydrogen (secondary N) is 1. The van der Waals surface area contributed by atoms with Gasteiger partial charge in [0.2, 0.25) is 52.6 Å². The minimum atomic E-state index is -2.39. The summed E-state index contributed by atoms with van der Waals surface area (Å²) in [6.07, 6.45) is -0.544. The van der Waals surface area contributed by atoms with Gasteiger partial charge in [0, 0.05) is 27.8 Å². The van der Waals surface area contributed by atoms with Crippen molar-refractivity contribution in [2.75, 3.05) is 41.9 Å². The van der Waals surface area contributed by atoms with E-state index >= 15 is 0 Å². The molecule has 3 amide bonds. The molecule has 1 aromatic rings. The SMILES string of the molecule is CC[C@H](C)[C@@H]([C@@H](CC(=O)N1CCC[C@H]1[C@H](OC)[C@@H](C)C(=O)Oc1c(F)c(F)c(F)c(F)c1F)OC)N(C)C(=O)[C@@H](NC(=O)C(C)(C)N(C)C)C(C)C.